The molecule has 0 fully saturated rings. The van der Waals surface area contributed by atoms with Crippen LogP contribution in [-0.2, 0) is 24.4 Å². The number of carbonyl (C=O) groups excluding carboxylic acids is 1. The van der Waals surface area contributed by atoms with Crippen molar-refractivity contribution in [2.45, 2.75) is 30.4 Å². The lowest BCUT2D eigenvalue weighted by Gasteiger charge is -2.18. The molecule has 1 atom stereocenters. The quantitative estimate of drug-likeness (QED) is 0.354. The van der Waals surface area contributed by atoms with E-state index in [1.165, 1.54) is 0 Å². The van der Waals surface area contributed by atoms with E-state index in [2.05, 4.69) is 0 Å². The summed E-state index contributed by atoms with van der Waals surface area (Å²) in [7, 11) is -4.85. The zero-order valence-corrected chi connectivity index (χ0v) is 15.9. The fraction of sp³-hybridized carbons (Fsp3) is 0.300. The number of benzene rings is 2. The molecule has 8 heteroatoms. The van der Waals surface area contributed by atoms with Crippen LogP contribution in [0.15, 0.2) is 60.7 Å². The molecule has 150 valence electrons. The standard InChI is InChI=1S/C20H22O7S/c21-19(22)14-18(28(24,25)26)20(23)27-13-7-12-17(15-8-3-1-4-9-15)16-10-5-2-6-11-16/h1-6,8-11,17-18H,7,12-14H2,(H,21,22)(H,24,25,26). The molecule has 2 rings (SSSR count). The molecule has 0 radical (unpaired) electrons. The van der Waals surface area contributed by atoms with Gasteiger partial charge in [-0.3, -0.25) is 14.1 Å². The third-order valence-electron chi connectivity index (χ3n) is 4.27. The number of carbonyl (C=O) groups is 2. The highest BCUT2D eigenvalue weighted by atomic mass is 32.2. The molecule has 0 aliphatic heterocycles. The van der Waals surface area contributed by atoms with Crippen LogP contribution in [-0.4, -0.2) is 41.9 Å². The van der Waals surface area contributed by atoms with E-state index < -0.39 is 33.7 Å². The van der Waals surface area contributed by atoms with Crippen molar-refractivity contribution in [3.05, 3.63) is 71.8 Å². The largest absolute Gasteiger partial charge is 0.481 e. The predicted molar refractivity (Wildman–Crippen MR) is 103 cm³/mol. The van der Waals surface area contributed by atoms with Crippen molar-refractivity contribution in [3.63, 3.8) is 0 Å². The van der Waals surface area contributed by atoms with Gasteiger partial charge in [0.25, 0.3) is 10.1 Å². The molecular weight excluding hydrogens is 384 g/mol. The van der Waals surface area contributed by atoms with Gasteiger partial charge in [0.1, 0.15) is 0 Å². The van der Waals surface area contributed by atoms with Crippen molar-refractivity contribution < 1.29 is 32.4 Å². The second kappa shape index (κ2) is 10.0. The maximum Gasteiger partial charge on any atom is 0.327 e. The lowest BCUT2D eigenvalue weighted by atomic mass is 9.88. The van der Waals surface area contributed by atoms with E-state index in [0.717, 1.165) is 11.1 Å². The molecule has 0 spiro atoms. The average molecular weight is 406 g/mol. The first kappa shape index (κ1) is 21.6. The van der Waals surface area contributed by atoms with Crippen LogP contribution < -0.4 is 0 Å². The topological polar surface area (TPSA) is 118 Å². The molecule has 0 aromatic heterocycles. The Morgan fingerprint density at radius 3 is 1.86 bits per heavy atom. The Balaban J connectivity index is 1.99. The summed E-state index contributed by atoms with van der Waals surface area (Å²) in [6.45, 7) is -0.0827. The molecule has 0 aliphatic carbocycles. The van der Waals surface area contributed by atoms with Crippen molar-refractivity contribution in [2.75, 3.05) is 6.61 Å². The number of rotatable bonds is 10. The summed E-state index contributed by atoms with van der Waals surface area (Å²) in [5.41, 5.74) is 2.20. The van der Waals surface area contributed by atoms with Crippen LogP contribution in [0.4, 0.5) is 0 Å². The molecule has 28 heavy (non-hydrogen) atoms. The number of carboxylic acids is 1. The normalized spacial score (nSPS) is 12.5. The monoisotopic (exact) mass is 406 g/mol. The van der Waals surface area contributed by atoms with Gasteiger partial charge in [-0.05, 0) is 24.0 Å². The summed E-state index contributed by atoms with van der Waals surface area (Å²) < 4.78 is 36.4. The average Bonchev–Trinajstić information content (AvgIpc) is 2.66. The summed E-state index contributed by atoms with van der Waals surface area (Å²) in [6, 6.07) is 19.6. The smallest absolute Gasteiger partial charge is 0.327 e. The minimum Gasteiger partial charge on any atom is -0.481 e. The number of carboxylic acid groups (broad SMARTS) is 1. The number of ether oxygens (including phenoxy) is 1. The van der Waals surface area contributed by atoms with E-state index in [0.29, 0.717) is 12.8 Å². The second-order valence-corrected chi connectivity index (χ2v) is 7.88. The first-order chi connectivity index (χ1) is 13.3. The first-order valence-electron chi connectivity index (χ1n) is 8.73. The van der Waals surface area contributed by atoms with Crippen molar-refractivity contribution in [2.24, 2.45) is 0 Å². The Kier molecular flexibility index (Phi) is 7.71. The summed E-state index contributed by atoms with van der Waals surface area (Å²) in [5.74, 6) is -2.72. The highest BCUT2D eigenvalue weighted by Crippen LogP contribution is 2.29. The highest BCUT2D eigenvalue weighted by molar-refractivity contribution is 7.87. The minimum absolute atomic E-state index is 0.0671. The van der Waals surface area contributed by atoms with Crippen LogP contribution in [0.5, 0.6) is 0 Å². The molecular formula is C20H22O7S. The zero-order valence-electron chi connectivity index (χ0n) is 15.1. The van der Waals surface area contributed by atoms with Gasteiger partial charge in [-0.15, -0.1) is 0 Å². The summed E-state index contributed by atoms with van der Waals surface area (Å²) >= 11 is 0. The lowest BCUT2D eigenvalue weighted by molar-refractivity contribution is -0.147. The van der Waals surface area contributed by atoms with Crippen molar-refractivity contribution in [1.82, 2.24) is 0 Å². The maximum absolute atomic E-state index is 11.9. The fourth-order valence-electron chi connectivity index (χ4n) is 2.92. The SMILES string of the molecule is O=C(O)CC(C(=O)OCCCC(c1ccccc1)c1ccccc1)S(=O)(=O)O. The third-order valence-corrected chi connectivity index (χ3v) is 5.35. The molecule has 0 saturated heterocycles. The fourth-order valence-corrected chi connectivity index (χ4v) is 3.58. The van der Waals surface area contributed by atoms with Crippen LogP contribution in [0.3, 0.4) is 0 Å². The zero-order chi connectivity index (χ0) is 20.6. The van der Waals surface area contributed by atoms with Gasteiger partial charge in [0.2, 0.25) is 0 Å². The van der Waals surface area contributed by atoms with E-state index in [9.17, 15) is 18.0 Å². The molecule has 2 N–H and O–H groups in total. The minimum atomic E-state index is -4.85. The Morgan fingerprint density at radius 1 is 0.929 bits per heavy atom. The van der Waals surface area contributed by atoms with E-state index >= 15 is 0 Å². The molecule has 0 heterocycles. The van der Waals surface area contributed by atoms with Gasteiger partial charge in [0.05, 0.1) is 13.0 Å². The Bertz CT molecular complexity index is 840. The first-order valence-corrected chi connectivity index (χ1v) is 10.2. The van der Waals surface area contributed by atoms with Crippen LogP contribution in [0.2, 0.25) is 0 Å². The van der Waals surface area contributed by atoms with E-state index in [1.54, 1.807) is 0 Å². The molecule has 0 bridgehead atoms. The van der Waals surface area contributed by atoms with E-state index in [1.807, 2.05) is 60.7 Å². The van der Waals surface area contributed by atoms with Gasteiger partial charge in [-0.25, -0.2) is 0 Å². The Hall–Kier alpha value is -2.71. The second-order valence-electron chi connectivity index (χ2n) is 6.29. The van der Waals surface area contributed by atoms with Crippen LogP contribution >= 0.6 is 0 Å². The number of hydrogen-bond donors (Lipinski definition) is 2. The number of esters is 1. The summed E-state index contributed by atoms with van der Waals surface area (Å²) in [6.07, 6.45) is 0.0244. The van der Waals surface area contributed by atoms with Crippen molar-refractivity contribution in [1.29, 1.82) is 0 Å². The van der Waals surface area contributed by atoms with E-state index in [-0.39, 0.29) is 12.5 Å². The molecule has 0 aliphatic rings. The van der Waals surface area contributed by atoms with Crippen LogP contribution in [0, 0.1) is 0 Å². The van der Waals surface area contributed by atoms with Gasteiger partial charge < -0.3 is 9.84 Å². The maximum atomic E-state index is 11.9. The third kappa shape index (κ3) is 6.47. The molecule has 2 aromatic carbocycles. The number of hydrogen-bond acceptors (Lipinski definition) is 5. The van der Waals surface area contributed by atoms with Crippen LogP contribution in [0.1, 0.15) is 36.3 Å². The van der Waals surface area contributed by atoms with Crippen molar-refractivity contribution >= 4 is 22.1 Å². The van der Waals surface area contributed by atoms with Crippen molar-refractivity contribution in [3.8, 4) is 0 Å². The lowest BCUT2D eigenvalue weighted by Crippen LogP contribution is -2.34. The number of aliphatic carboxylic acids is 1. The van der Waals surface area contributed by atoms with Crippen LogP contribution in [0.25, 0.3) is 0 Å². The molecule has 0 amide bonds. The Morgan fingerprint density at radius 2 is 1.43 bits per heavy atom. The highest BCUT2D eigenvalue weighted by Gasteiger charge is 2.34. The van der Waals surface area contributed by atoms with Gasteiger partial charge in [0.15, 0.2) is 5.25 Å². The van der Waals surface area contributed by atoms with Gasteiger partial charge in [-0.2, -0.15) is 8.42 Å². The van der Waals surface area contributed by atoms with E-state index in [4.69, 9.17) is 14.4 Å². The summed E-state index contributed by atoms with van der Waals surface area (Å²) in [5, 5.41) is 6.59. The van der Waals surface area contributed by atoms with Gasteiger partial charge in [0, 0.05) is 5.92 Å². The van der Waals surface area contributed by atoms with Gasteiger partial charge >= 0.3 is 11.9 Å². The molecule has 1 unspecified atom stereocenters. The van der Waals surface area contributed by atoms with Gasteiger partial charge in [-0.1, -0.05) is 60.7 Å². The molecule has 0 saturated carbocycles. The Labute approximate surface area is 163 Å². The predicted octanol–water partition coefficient (Wildman–Crippen LogP) is 2.87. The molecule has 2 aromatic rings. The molecule has 7 nitrogen and oxygen atoms in total. The summed E-state index contributed by atoms with van der Waals surface area (Å²) in [4.78, 5) is 22.6.